The molecular weight excluding hydrogens is 292 g/mol. The van der Waals surface area contributed by atoms with E-state index in [1.807, 2.05) is 13.8 Å². The Kier molecular flexibility index (Phi) is 9.33. The van der Waals surface area contributed by atoms with Gasteiger partial charge in [0.05, 0.1) is 0 Å². The monoisotopic (exact) mass is 322 g/mol. The number of rotatable bonds is 11. The van der Waals surface area contributed by atoms with Crippen LogP contribution in [0.2, 0.25) is 0 Å². The Labute approximate surface area is 139 Å². The number of ether oxygens (including phenoxy) is 1. The van der Waals surface area contributed by atoms with Crippen LogP contribution in [-0.4, -0.2) is 42.9 Å². The third-order valence-electron chi connectivity index (χ3n) is 3.39. The van der Waals surface area contributed by atoms with Crippen LogP contribution in [0.3, 0.4) is 0 Å². The molecule has 1 aromatic rings. The van der Waals surface area contributed by atoms with E-state index >= 15 is 0 Å². The predicted octanol–water partition coefficient (Wildman–Crippen LogP) is 2.34. The van der Waals surface area contributed by atoms with Gasteiger partial charge in [-0.25, -0.2) is 0 Å². The first-order valence-electron chi connectivity index (χ1n) is 8.45. The van der Waals surface area contributed by atoms with Crippen molar-refractivity contribution in [2.45, 2.75) is 52.2 Å². The van der Waals surface area contributed by atoms with Crippen molar-refractivity contribution in [3.05, 3.63) is 29.8 Å². The maximum atomic E-state index is 11.9. The lowest BCUT2D eigenvalue weighted by Crippen LogP contribution is -2.35. The molecule has 0 aliphatic rings. The fourth-order valence-electron chi connectivity index (χ4n) is 2.00. The zero-order valence-corrected chi connectivity index (χ0v) is 14.5. The molecular formula is C18H30N2O3. The summed E-state index contributed by atoms with van der Waals surface area (Å²) in [7, 11) is 0. The highest BCUT2D eigenvalue weighted by Gasteiger charge is 2.08. The Morgan fingerprint density at radius 3 is 2.52 bits per heavy atom. The standard InChI is InChI=1S/C18H30N2O3/c1-4-5-6-11-19-18(22)15-7-9-17(10-8-15)23-13-16(21)12-20-14(2)3/h7-10,14,16,20-21H,4-6,11-13H2,1-3H3,(H,19,22). The second kappa shape index (κ2) is 11.0. The van der Waals surface area contributed by atoms with Crippen LogP contribution in [0.25, 0.3) is 0 Å². The van der Waals surface area contributed by atoms with Crippen LogP contribution >= 0.6 is 0 Å². The second-order valence-corrected chi connectivity index (χ2v) is 6.02. The van der Waals surface area contributed by atoms with Gasteiger partial charge in [-0.1, -0.05) is 33.6 Å². The van der Waals surface area contributed by atoms with Gasteiger partial charge in [0.2, 0.25) is 0 Å². The summed E-state index contributed by atoms with van der Waals surface area (Å²) in [4.78, 5) is 11.9. The molecule has 0 aromatic heterocycles. The van der Waals surface area contributed by atoms with Gasteiger partial charge in [-0.3, -0.25) is 4.79 Å². The van der Waals surface area contributed by atoms with Crippen molar-refractivity contribution in [1.29, 1.82) is 0 Å². The molecule has 0 bridgehead atoms. The SMILES string of the molecule is CCCCCNC(=O)c1ccc(OCC(O)CNC(C)C)cc1. The molecule has 0 aliphatic carbocycles. The molecule has 23 heavy (non-hydrogen) atoms. The number of hydrogen-bond donors (Lipinski definition) is 3. The molecule has 0 heterocycles. The van der Waals surface area contributed by atoms with Gasteiger partial charge in [-0.15, -0.1) is 0 Å². The van der Waals surface area contributed by atoms with Crippen molar-refractivity contribution in [1.82, 2.24) is 10.6 Å². The van der Waals surface area contributed by atoms with Crippen molar-refractivity contribution in [2.75, 3.05) is 19.7 Å². The maximum absolute atomic E-state index is 11.9. The van der Waals surface area contributed by atoms with Gasteiger partial charge in [0, 0.05) is 24.7 Å². The summed E-state index contributed by atoms with van der Waals surface area (Å²) in [5.74, 6) is 0.588. The first-order chi connectivity index (χ1) is 11.0. The van der Waals surface area contributed by atoms with Gasteiger partial charge in [0.25, 0.3) is 5.91 Å². The van der Waals surface area contributed by atoms with Crippen LogP contribution in [0.1, 0.15) is 50.4 Å². The smallest absolute Gasteiger partial charge is 0.251 e. The Balaban J connectivity index is 2.33. The zero-order chi connectivity index (χ0) is 17.1. The quantitative estimate of drug-likeness (QED) is 0.547. The van der Waals surface area contributed by atoms with Crippen molar-refractivity contribution in [2.24, 2.45) is 0 Å². The first kappa shape index (κ1) is 19.5. The van der Waals surface area contributed by atoms with E-state index in [2.05, 4.69) is 17.6 Å². The third kappa shape index (κ3) is 8.57. The highest BCUT2D eigenvalue weighted by Crippen LogP contribution is 2.12. The number of hydrogen-bond acceptors (Lipinski definition) is 4. The van der Waals surface area contributed by atoms with Crippen LogP contribution in [-0.2, 0) is 0 Å². The van der Waals surface area contributed by atoms with E-state index in [0.29, 0.717) is 30.4 Å². The van der Waals surface area contributed by atoms with E-state index in [0.717, 1.165) is 19.3 Å². The van der Waals surface area contributed by atoms with Gasteiger partial charge in [-0.05, 0) is 30.7 Å². The fraction of sp³-hybridized carbons (Fsp3) is 0.611. The van der Waals surface area contributed by atoms with Gasteiger partial charge in [-0.2, -0.15) is 0 Å². The van der Waals surface area contributed by atoms with E-state index in [4.69, 9.17) is 4.74 Å². The largest absolute Gasteiger partial charge is 0.491 e. The predicted molar refractivity (Wildman–Crippen MR) is 92.9 cm³/mol. The number of amides is 1. The second-order valence-electron chi connectivity index (χ2n) is 6.02. The van der Waals surface area contributed by atoms with Gasteiger partial charge >= 0.3 is 0 Å². The summed E-state index contributed by atoms with van der Waals surface area (Å²) in [6.07, 6.45) is 2.71. The summed E-state index contributed by atoms with van der Waals surface area (Å²) in [6.45, 7) is 7.62. The van der Waals surface area contributed by atoms with Crippen molar-refractivity contribution < 1.29 is 14.6 Å². The zero-order valence-electron chi connectivity index (χ0n) is 14.5. The number of nitrogens with one attached hydrogen (secondary N) is 2. The average Bonchev–Trinajstić information content (AvgIpc) is 2.55. The number of carbonyl (C=O) groups is 1. The molecule has 5 nitrogen and oxygen atoms in total. The van der Waals surface area contributed by atoms with E-state index < -0.39 is 6.10 Å². The number of carbonyl (C=O) groups excluding carboxylic acids is 1. The Hall–Kier alpha value is -1.59. The Morgan fingerprint density at radius 2 is 1.91 bits per heavy atom. The Morgan fingerprint density at radius 1 is 1.22 bits per heavy atom. The molecule has 0 spiro atoms. The molecule has 3 N–H and O–H groups in total. The van der Waals surface area contributed by atoms with E-state index in [-0.39, 0.29) is 12.5 Å². The topological polar surface area (TPSA) is 70.6 Å². The molecule has 130 valence electrons. The molecule has 0 saturated carbocycles. The van der Waals surface area contributed by atoms with E-state index in [1.165, 1.54) is 0 Å². The van der Waals surface area contributed by atoms with Crippen LogP contribution in [0.4, 0.5) is 0 Å². The molecule has 0 radical (unpaired) electrons. The summed E-state index contributed by atoms with van der Waals surface area (Å²) >= 11 is 0. The molecule has 1 unspecified atom stereocenters. The number of aliphatic hydroxyl groups is 1. The number of aliphatic hydroxyl groups excluding tert-OH is 1. The van der Waals surface area contributed by atoms with Crippen LogP contribution in [0.5, 0.6) is 5.75 Å². The van der Waals surface area contributed by atoms with Crippen molar-refractivity contribution in [3.63, 3.8) is 0 Å². The van der Waals surface area contributed by atoms with Gasteiger partial charge in [0.1, 0.15) is 18.5 Å². The minimum atomic E-state index is -0.557. The maximum Gasteiger partial charge on any atom is 0.251 e. The lowest BCUT2D eigenvalue weighted by molar-refractivity contribution is 0.0952. The molecule has 1 aromatic carbocycles. The summed E-state index contributed by atoms with van der Waals surface area (Å²) in [5.41, 5.74) is 0.621. The highest BCUT2D eigenvalue weighted by atomic mass is 16.5. The first-order valence-corrected chi connectivity index (χ1v) is 8.45. The molecule has 0 saturated heterocycles. The van der Waals surface area contributed by atoms with Crippen LogP contribution in [0, 0.1) is 0 Å². The number of benzene rings is 1. The van der Waals surface area contributed by atoms with E-state index in [9.17, 15) is 9.90 Å². The third-order valence-corrected chi connectivity index (χ3v) is 3.39. The van der Waals surface area contributed by atoms with Gasteiger partial charge in [0.15, 0.2) is 0 Å². The highest BCUT2D eigenvalue weighted by molar-refractivity contribution is 5.94. The number of unbranched alkanes of at least 4 members (excludes halogenated alkanes) is 2. The molecule has 0 fully saturated rings. The fourth-order valence-corrected chi connectivity index (χ4v) is 2.00. The van der Waals surface area contributed by atoms with Gasteiger partial charge < -0.3 is 20.5 Å². The molecule has 0 aliphatic heterocycles. The minimum absolute atomic E-state index is 0.0613. The Bertz CT molecular complexity index is 446. The summed E-state index contributed by atoms with van der Waals surface area (Å²) < 4.78 is 5.53. The molecule has 1 amide bonds. The van der Waals surface area contributed by atoms with Crippen LogP contribution < -0.4 is 15.4 Å². The van der Waals surface area contributed by atoms with Crippen molar-refractivity contribution >= 4 is 5.91 Å². The molecule has 1 rings (SSSR count). The molecule has 5 heteroatoms. The van der Waals surface area contributed by atoms with Crippen molar-refractivity contribution in [3.8, 4) is 5.75 Å². The lowest BCUT2D eigenvalue weighted by Gasteiger charge is -2.15. The minimum Gasteiger partial charge on any atom is -0.491 e. The summed E-state index contributed by atoms with van der Waals surface area (Å²) in [5, 5.41) is 15.8. The molecule has 1 atom stereocenters. The van der Waals surface area contributed by atoms with Crippen LogP contribution in [0.15, 0.2) is 24.3 Å². The van der Waals surface area contributed by atoms with E-state index in [1.54, 1.807) is 24.3 Å². The average molecular weight is 322 g/mol. The lowest BCUT2D eigenvalue weighted by atomic mass is 10.2. The normalized spacial score (nSPS) is 12.2. The summed E-state index contributed by atoms with van der Waals surface area (Å²) in [6, 6.07) is 7.32.